The predicted octanol–water partition coefficient (Wildman–Crippen LogP) is 3.49. The molecule has 5 heteroatoms. The average molecular weight is 417 g/mol. The second-order valence-corrected chi connectivity index (χ2v) is 7.09. The summed E-state index contributed by atoms with van der Waals surface area (Å²) in [5.41, 5.74) is -0.0993. The number of hydrogen-bond donors (Lipinski definition) is 1. The monoisotopic (exact) mass is 417 g/mol. The van der Waals surface area contributed by atoms with E-state index in [1.165, 1.54) is 0 Å². The van der Waals surface area contributed by atoms with Gasteiger partial charge in [0, 0.05) is 3.57 Å². The predicted molar refractivity (Wildman–Crippen MR) is 95.6 cm³/mol. The smallest absolute Gasteiger partial charge is 0.331 e. The fourth-order valence-electron chi connectivity index (χ4n) is 1.98. The number of halogens is 1. The van der Waals surface area contributed by atoms with Gasteiger partial charge in [0.2, 0.25) is 5.91 Å². The minimum atomic E-state index is -1.02. The van der Waals surface area contributed by atoms with Crippen LogP contribution in [-0.4, -0.2) is 24.0 Å². The molecule has 0 spiro atoms. The summed E-state index contributed by atoms with van der Waals surface area (Å²) in [6.07, 6.45) is 0. The van der Waals surface area contributed by atoms with E-state index in [4.69, 9.17) is 4.74 Å². The number of nitrogens with one attached hydrogen (secondary N) is 1. The lowest BCUT2D eigenvalue weighted by Gasteiger charge is -2.33. The van der Waals surface area contributed by atoms with Crippen LogP contribution in [-0.2, 0) is 14.3 Å². The van der Waals surface area contributed by atoms with Crippen LogP contribution in [0.5, 0.6) is 0 Å². The van der Waals surface area contributed by atoms with Crippen molar-refractivity contribution in [3.63, 3.8) is 0 Å². The van der Waals surface area contributed by atoms with Crippen LogP contribution in [0.1, 0.15) is 46.1 Å². The Bertz CT molecular complexity index is 527. The molecule has 0 bridgehead atoms. The zero-order valence-corrected chi connectivity index (χ0v) is 15.9. The number of hydrogen-bond acceptors (Lipinski definition) is 3. The van der Waals surface area contributed by atoms with Crippen molar-refractivity contribution in [3.8, 4) is 0 Å². The Morgan fingerprint density at radius 3 is 2.23 bits per heavy atom. The summed E-state index contributed by atoms with van der Waals surface area (Å²) in [4.78, 5) is 24.7. The second-order valence-electron chi connectivity index (χ2n) is 5.84. The molecule has 1 amide bonds. The van der Waals surface area contributed by atoms with Crippen molar-refractivity contribution in [2.75, 3.05) is 6.61 Å². The van der Waals surface area contributed by atoms with E-state index in [9.17, 15) is 9.59 Å². The fraction of sp³-hybridized carbons (Fsp3) is 0.529. The lowest BCUT2D eigenvalue weighted by atomic mass is 9.87. The summed E-state index contributed by atoms with van der Waals surface area (Å²) in [7, 11) is 0. The standard InChI is InChI=1S/C17H24INO3/c1-6-22-16(21)17(5,11(2)3)19-15(20)12(4)13-7-9-14(18)10-8-13/h7-12H,6H2,1-5H3,(H,19,20). The molecule has 0 aromatic heterocycles. The molecular weight excluding hydrogens is 393 g/mol. The molecule has 122 valence electrons. The quantitative estimate of drug-likeness (QED) is 0.570. The van der Waals surface area contributed by atoms with Crippen molar-refractivity contribution in [2.45, 2.75) is 46.1 Å². The van der Waals surface area contributed by atoms with Gasteiger partial charge in [-0.05, 0) is 67.0 Å². The van der Waals surface area contributed by atoms with Crippen LogP contribution < -0.4 is 5.32 Å². The summed E-state index contributed by atoms with van der Waals surface area (Å²) in [6, 6.07) is 7.80. The Labute approximate surface area is 146 Å². The van der Waals surface area contributed by atoms with Gasteiger partial charge in [-0.25, -0.2) is 4.79 Å². The van der Waals surface area contributed by atoms with Gasteiger partial charge in [-0.1, -0.05) is 26.0 Å². The maximum Gasteiger partial charge on any atom is 0.331 e. The lowest BCUT2D eigenvalue weighted by Crippen LogP contribution is -2.57. The minimum Gasteiger partial charge on any atom is -0.464 e. The average Bonchev–Trinajstić information content (AvgIpc) is 2.47. The highest BCUT2D eigenvalue weighted by Gasteiger charge is 2.40. The van der Waals surface area contributed by atoms with Crippen molar-refractivity contribution in [1.82, 2.24) is 5.32 Å². The number of rotatable bonds is 6. The molecule has 1 N–H and O–H groups in total. The van der Waals surface area contributed by atoms with Gasteiger partial charge in [0.05, 0.1) is 12.5 Å². The fourth-order valence-corrected chi connectivity index (χ4v) is 2.34. The molecule has 1 aromatic carbocycles. The number of esters is 1. The van der Waals surface area contributed by atoms with Gasteiger partial charge in [-0.15, -0.1) is 0 Å². The maximum absolute atomic E-state index is 12.5. The second kappa shape index (κ2) is 7.94. The van der Waals surface area contributed by atoms with Crippen molar-refractivity contribution in [2.24, 2.45) is 5.92 Å². The van der Waals surface area contributed by atoms with E-state index < -0.39 is 11.5 Å². The number of carbonyl (C=O) groups excluding carboxylic acids is 2. The van der Waals surface area contributed by atoms with Gasteiger partial charge < -0.3 is 10.1 Å². The lowest BCUT2D eigenvalue weighted by molar-refractivity contribution is -0.154. The van der Waals surface area contributed by atoms with Crippen LogP contribution in [0.15, 0.2) is 24.3 Å². The third-order valence-electron chi connectivity index (χ3n) is 4.00. The number of amides is 1. The molecular formula is C17H24INO3. The van der Waals surface area contributed by atoms with Crippen LogP contribution in [0.4, 0.5) is 0 Å². The molecule has 4 nitrogen and oxygen atoms in total. The molecule has 0 aliphatic carbocycles. The molecule has 0 aliphatic heterocycles. The topological polar surface area (TPSA) is 55.4 Å². The zero-order chi connectivity index (χ0) is 16.9. The molecule has 0 aliphatic rings. The van der Waals surface area contributed by atoms with Crippen LogP contribution in [0.2, 0.25) is 0 Å². The van der Waals surface area contributed by atoms with E-state index in [1.54, 1.807) is 13.8 Å². The van der Waals surface area contributed by atoms with E-state index in [-0.39, 0.29) is 17.7 Å². The first-order valence-electron chi connectivity index (χ1n) is 7.47. The maximum atomic E-state index is 12.5. The number of ether oxygens (including phenoxy) is 1. The van der Waals surface area contributed by atoms with Gasteiger partial charge in [-0.3, -0.25) is 4.79 Å². The van der Waals surface area contributed by atoms with Crippen molar-refractivity contribution < 1.29 is 14.3 Å². The molecule has 1 aromatic rings. The van der Waals surface area contributed by atoms with Gasteiger partial charge in [0.1, 0.15) is 5.54 Å². The summed E-state index contributed by atoms with van der Waals surface area (Å²) >= 11 is 2.22. The molecule has 0 radical (unpaired) electrons. The molecule has 0 heterocycles. The third-order valence-corrected chi connectivity index (χ3v) is 4.72. The van der Waals surface area contributed by atoms with E-state index >= 15 is 0 Å². The Kier molecular flexibility index (Phi) is 6.84. The first-order valence-corrected chi connectivity index (χ1v) is 8.55. The van der Waals surface area contributed by atoms with E-state index in [0.717, 1.165) is 9.13 Å². The van der Waals surface area contributed by atoms with Gasteiger partial charge in [0.15, 0.2) is 0 Å². The van der Waals surface area contributed by atoms with Gasteiger partial charge in [-0.2, -0.15) is 0 Å². The highest BCUT2D eigenvalue weighted by molar-refractivity contribution is 14.1. The van der Waals surface area contributed by atoms with Gasteiger partial charge >= 0.3 is 5.97 Å². The Hall–Kier alpha value is -1.11. The number of benzene rings is 1. The van der Waals surface area contributed by atoms with E-state index in [1.807, 2.05) is 45.0 Å². The highest BCUT2D eigenvalue weighted by Crippen LogP contribution is 2.22. The molecule has 2 atom stereocenters. The zero-order valence-electron chi connectivity index (χ0n) is 13.8. The molecule has 22 heavy (non-hydrogen) atoms. The number of carbonyl (C=O) groups is 2. The summed E-state index contributed by atoms with van der Waals surface area (Å²) < 4.78 is 6.23. The van der Waals surface area contributed by atoms with Crippen LogP contribution in [0.3, 0.4) is 0 Å². The highest BCUT2D eigenvalue weighted by atomic mass is 127. The Morgan fingerprint density at radius 2 is 1.77 bits per heavy atom. The summed E-state index contributed by atoms with van der Waals surface area (Å²) in [5.74, 6) is -0.970. The largest absolute Gasteiger partial charge is 0.464 e. The first kappa shape index (κ1) is 18.9. The van der Waals surface area contributed by atoms with Crippen LogP contribution >= 0.6 is 22.6 Å². The molecule has 0 fully saturated rings. The Morgan fingerprint density at radius 1 is 1.23 bits per heavy atom. The molecule has 0 saturated carbocycles. The SMILES string of the molecule is CCOC(=O)C(C)(NC(=O)C(C)c1ccc(I)cc1)C(C)C. The Balaban J connectivity index is 2.91. The van der Waals surface area contributed by atoms with E-state index in [2.05, 4.69) is 27.9 Å². The minimum absolute atomic E-state index is 0.0700. The van der Waals surface area contributed by atoms with Crippen molar-refractivity contribution in [3.05, 3.63) is 33.4 Å². The normalized spacial score (nSPS) is 15.0. The molecule has 0 saturated heterocycles. The summed E-state index contributed by atoms with van der Waals surface area (Å²) in [5, 5.41) is 2.87. The first-order chi connectivity index (χ1) is 10.2. The van der Waals surface area contributed by atoms with Gasteiger partial charge in [0.25, 0.3) is 0 Å². The molecule has 1 rings (SSSR count). The van der Waals surface area contributed by atoms with Crippen LogP contribution in [0, 0.1) is 9.49 Å². The van der Waals surface area contributed by atoms with E-state index in [0.29, 0.717) is 6.61 Å². The molecule has 2 unspecified atom stereocenters. The van der Waals surface area contributed by atoms with Crippen LogP contribution in [0.25, 0.3) is 0 Å². The van der Waals surface area contributed by atoms with Crippen molar-refractivity contribution in [1.29, 1.82) is 0 Å². The third kappa shape index (κ3) is 4.44. The summed E-state index contributed by atoms with van der Waals surface area (Å²) in [6.45, 7) is 9.40. The van der Waals surface area contributed by atoms with Crippen molar-refractivity contribution >= 4 is 34.5 Å².